The van der Waals surface area contributed by atoms with Crippen molar-refractivity contribution in [3.05, 3.63) is 29.8 Å². The van der Waals surface area contributed by atoms with Crippen LogP contribution in [0.2, 0.25) is 0 Å². The lowest BCUT2D eigenvalue weighted by Crippen LogP contribution is -2.02. The Balaban J connectivity index is 2.62. The summed E-state index contributed by atoms with van der Waals surface area (Å²) in [6.45, 7) is 4.16. The highest BCUT2D eigenvalue weighted by molar-refractivity contribution is 7.35. The van der Waals surface area contributed by atoms with E-state index in [2.05, 4.69) is 68.1 Å². The summed E-state index contributed by atoms with van der Waals surface area (Å²) < 4.78 is 12.2. The van der Waals surface area contributed by atoms with E-state index < -0.39 is 8.01 Å². The number of hydrogen-bond acceptors (Lipinski definition) is 2. The normalized spacial score (nSPS) is 13.6. The van der Waals surface area contributed by atoms with E-state index in [-0.39, 0.29) is 0 Å². The molecule has 2 nitrogen and oxygen atoms in total. The molecule has 1 heterocycles. The van der Waals surface area contributed by atoms with Crippen LogP contribution in [0.4, 0.5) is 0 Å². The monoisotopic (exact) mass is 386 g/mol. The van der Waals surface area contributed by atoms with Crippen molar-refractivity contribution in [2.24, 2.45) is 6.66 Å². The van der Waals surface area contributed by atoms with Crippen molar-refractivity contribution in [2.45, 2.75) is 12.6 Å². The number of fused-ring (bicyclic) bond motifs is 3. The third kappa shape index (κ3) is 3.16. The highest BCUT2D eigenvalue weighted by atomic mass is 31.1. The van der Waals surface area contributed by atoms with Crippen LogP contribution >= 0.6 is 45.0 Å². The Labute approximate surface area is 140 Å². The summed E-state index contributed by atoms with van der Waals surface area (Å²) in [5, 5.41) is 5.47. The molecule has 0 bridgehead atoms. The highest BCUT2D eigenvalue weighted by Gasteiger charge is 2.12. The lowest BCUT2D eigenvalue weighted by atomic mass is 10.1. The van der Waals surface area contributed by atoms with Crippen molar-refractivity contribution >= 4 is 82.8 Å². The topological polar surface area (TPSA) is 26.3 Å². The first-order valence-corrected chi connectivity index (χ1v) is 10.9. The molecule has 6 atom stereocenters. The molecule has 0 saturated heterocycles. The molecule has 3 rings (SSSR count). The van der Waals surface area contributed by atoms with Gasteiger partial charge in [-0.05, 0) is 40.8 Å². The van der Waals surface area contributed by atoms with Crippen LogP contribution in [0, 0.1) is 0 Å². The molecule has 3 aromatic rings. The second-order valence-corrected chi connectivity index (χ2v) is 9.54. The zero-order chi connectivity index (χ0) is 16.0. The fraction of sp³-hybridized carbons (Fsp3) is 0.200. The van der Waals surface area contributed by atoms with Crippen molar-refractivity contribution < 1.29 is 8.39 Å². The fourth-order valence-corrected chi connectivity index (χ4v) is 5.19. The Hall–Kier alpha value is 0.0600. The molecular weight excluding hydrogens is 367 g/mol. The molecule has 0 aliphatic carbocycles. The number of benzene rings is 2. The average Bonchev–Trinajstić information content (AvgIpc) is 2.56. The molecule has 22 heavy (non-hydrogen) atoms. The number of aryl methyl sites for hydroxylation is 1. The molecule has 1 aromatic heterocycles. The maximum atomic E-state index is 6.10. The first kappa shape index (κ1) is 16.9. The lowest BCUT2D eigenvalue weighted by Gasteiger charge is -2.08. The zero-order valence-corrected chi connectivity index (χ0v) is 18.0. The predicted molar refractivity (Wildman–Crippen MR) is 113 cm³/mol. The van der Waals surface area contributed by atoms with Gasteiger partial charge < -0.3 is 8.39 Å². The van der Waals surface area contributed by atoms with E-state index in [4.69, 9.17) is 8.39 Å². The van der Waals surface area contributed by atoms with Gasteiger partial charge in [0, 0.05) is 28.0 Å². The minimum absolute atomic E-state index is 0.384. The van der Waals surface area contributed by atoms with Gasteiger partial charge in [0.15, 0.2) is 0 Å². The van der Waals surface area contributed by atoms with Crippen molar-refractivity contribution in [1.29, 1.82) is 0 Å². The smallest absolute Gasteiger partial charge is 0.213 e. The molecule has 0 N–H and O–H groups in total. The molecule has 0 aliphatic rings. The van der Waals surface area contributed by atoms with Gasteiger partial charge in [0.1, 0.15) is 11.2 Å². The number of rotatable bonds is 1. The zero-order valence-electron chi connectivity index (χ0n) is 12.5. The second-order valence-electron chi connectivity index (χ2n) is 5.38. The molecule has 116 valence electrons. The minimum atomic E-state index is -0.997. The molecule has 0 aliphatic heterocycles. The van der Waals surface area contributed by atoms with Gasteiger partial charge in [0.2, 0.25) is 8.01 Å². The van der Waals surface area contributed by atoms with Crippen LogP contribution in [0.15, 0.2) is 32.7 Å². The molecule has 5 unspecified atom stereocenters. The van der Waals surface area contributed by atoms with Crippen LogP contribution in [0.25, 0.3) is 21.9 Å². The Morgan fingerprint density at radius 2 is 1.45 bits per heavy atom. The number of hydrogen-bond donors (Lipinski definition) is 0. The third-order valence-corrected chi connectivity index (χ3v) is 5.99. The second kappa shape index (κ2) is 6.52. The standard InChI is InChI=1S/C15H19O2P5/c1-7(18)8-3-10-11-5-9(19)6-13(21)15(11)17-22(2)16-14(10)12(20)4-8/h3-7H,18-21H2,1-2H3/t7-,22?/m0/s1. The molecule has 0 radical (unpaired) electrons. The lowest BCUT2D eigenvalue weighted by molar-refractivity contribution is 0.646. The van der Waals surface area contributed by atoms with Crippen LogP contribution in [0.5, 0.6) is 0 Å². The Bertz CT molecular complexity index is 915. The van der Waals surface area contributed by atoms with E-state index in [0.717, 1.165) is 37.9 Å². The van der Waals surface area contributed by atoms with E-state index in [1.807, 2.05) is 6.66 Å². The summed E-state index contributed by atoms with van der Waals surface area (Å²) in [5.74, 6) is 0. The van der Waals surface area contributed by atoms with E-state index in [0.29, 0.717) is 5.66 Å². The van der Waals surface area contributed by atoms with Gasteiger partial charge in [-0.2, -0.15) is 0 Å². The van der Waals surface area contributed by atoms with E-state index >= 15 is 0 Å². The van der Waals surface area contributed by atoms with Crippen molar-refractivity contribution in [3.63, 3.8) is 0 Å². The van der Waals surface area contributed by atoms with E-state index in [1.54, 1.807) is 0 Å². The van der Waals surface area contributed by atoms with Gasteiger partial charge in [-0.25, -0.2) is 0 Å². The minimum Gasteiger partial charge on any atom is -0.419 e. The first-order valence-electron chi connectivity index (χ1n) is 6.85. The van der Waals surface area contributed by atoms with Gasteiger partial charge >= 0.3 is 0 Å². The summed E-state index contributed by atoms with van der Waals surface area (Å²) in [7, 11) is 10.2. The third-order valence-electron chi connectivity index (χ3n) is 3.54. The summed E-state index contributed by atoms with van der Waals surface area (Å²) in [6.07, 6.45) is 0. The summed E-state index contributed by atoms with van der Waals surface area (Å²) in [4.78, 5) is 0. The summed E-state index contributed by atoms with van der Waals surface area (Å²) in [5.41, 5.74) is 3.47. The maximum Gasteiger partial charge on any atom is 0.213 e. The first-order chi connectivity index (χ1) is 10.4. The van der Waals surface area contributed by atoms with Crippen molar-refractivity contribution in [3.8, 4) is 0 Å². The van der Waals surface area contributed by atoms with Gasteiger partial charge in [0.05, 0.1) is 0 Å². The van der Waals surface area contributed by atoms with E-state index in [9.17, 15) is 0 Å². The van der Waals surface area contributed by atoms with Crippen LogP contribution in [-0.2, 0) is 6.66 Å². The molecule has 2 aromatic carbocycles. The molecule has 0 spiro atoms. The van der Waals surface area contributed by atoms with Crippen LogP contribution in [0.3, 0.4) is 0 Å². The summed E-state index contributed by atoms with van der Waals surface area (Å²) >= 11 is 0. The predicted octanol–water partition coefficient (Wildman–Crippen LogP) is 4.26. The van der Waals surface area contributed by atoms with Crippen LogP contribution < -0.4 is 15.9 Å². The molecule has 0 amide bonds. The maximum absolute atomic E-state index is 6.10. The molecular formula is C15H19O2P5. The van der Waals surface area contributed by atoms with Gasteiger partial charge in [-0.3, -0.25) is 0 Å². The van der Waals surface area contributed by atoms with Crippen molar-refractivity contribution in [1.82, 2.24) is 0 Å². The van der Waals surface area contributed by atoms with Gasteiger partial charge in [0.25, 0.3) is 0 Å². The Morgan fingerprint density at radius 3 is 2.05 bits per heavy atom. The Morgan fingerprint density at radius 1 is 0.909 bits per heavy atom. The fourth-order valence-electron chi connectivity index (χ4n) is 2.49. The Kier molecular flexibility index (Phi) is 5.01. The van der Waals surface area contributed by atoms with E-state index in [1.165, 1.54) is 5.56 Å². The average molecular weight is 386 g/mol. The van der Waals surface area contributed by atoms with Crippen LogP contribution in [-0.4, -0.2) is 0 Å². The van der Waals surface area contributed by atoms with Gasteiger partial charge in [-0.15, -0.1) is 37.0 Å². The quantitative estimate of drug-likeness (QED) is 0.585. The largest absolute Gasteiger partial charge is 0.419 e. The molecule has 7 heteroatoms. The SMILES string of the molecule is C[C@H](P)c1cc(P)c2op(C)oc3c(P)cc(P)cc3c2c1. The highest BCUT2D eigenvalue weighted by Crippen LogP contribution is 2.34. The molecule has 0 fully saturated rings. The molecule has 0 saturated carbocycles. The van der Waals surface area contributed by atoms with Crippen LogP contribution in [0.1, 0.15) is 18.1 Å². The van der Waals surface area contributed by atoms with Crippen molar-refractivity contribution in [2.75, 3.05) is 0 Å². The van der Waals surface area contributed by atoms with Gasteiger partial charge in [-0.1, -0.05) is 6.92 Å². The summed E-state index contributed by atoms with van der Waals surface area (Å²) in [6, 6.07) is 8.62.